The van der Waals surface area contributed by atoms with Crippen molar-refractivity contribution in [3.63, 3.8) is 0 Å². The van der Waals surface area contributed by atoms with Crippen molar-refractivity contribution in [2.45, 2.75) is 18.7 Å². The quantitative estimate of drug-likeness (QED) is 0.623. The zero-order chi connectivity index (χ0) is 15.0. The fourth-order valence-corrected chi connectivity index (χ4v) is 4.27. The van der Waals surface area contributed by atoms with E-state index in [1.807, 2.05) is 18.4 Å². The van der Waals surface area contributed by atoms with Crippen LogP contribution in [0.25, 0.3) is 0 Å². The number of halogens is 3. The minimum atomic E-state index is -0.402. The zero-order valence-electron chi connectivity index (χ0n) is 11.3. The van der Waals surface area contributed by atoms with Crippen LogP contribution in [-0.2, 0) is 0 Å². The molecule has 0 saturated carbocycles. The summed E-state index contributed by atoms with van der Waals surface area (Å²) in [6, 6.07) is 3.62. The molecule has 0 spiro atoms. The van der Waals surface area contributed by atoms with Crippen molar-refractivity contribution in [3.05, 3.63) is 43.6 Å². The second kappa shape index (κ2) is 6.25. The normalized spacial score (nSPS) is 15.6. The van der Waals surface area contributed by atoms with E-state index < -0.39 is 5.38 Å². The second-order valence-electron chi connectivity index (χ2n) is 4.83. The lowest BCUT2D eigenvalue weighted by atomic mass is 10.1. The average Bonchev–Trinajstić information content (AvgIpc) is 2.67. The van der Waals surface area contributed by atoms with E-state index in [0.29, 0.717) is 34.8 Å². The van der Waals surface area contributed by atoms with Crippen LogP contribution in [0.15, 0.2) is 17.5 Å². The Bertz CT molecular complexity index is 669. The second-order valence-corrected chi connectivity index (χ2v) is 6.96. The minimum absolute atomic E-state index is 0.402. The number of rotatable bonds is 2. The maximum Gasteiger partial charge on any atom is 0.162 e. The number of aryl methyl sites for hydroxylation is 1. The van der Waals surface area contributed by atoms with Gasteiger partial charge in [0.25, 0.3) is 0 Å². The number of thiophene rings is 1. The first-order valence-corrected chi connectivity index (χ1v) is 8.61. The Balaban J connectivity index is 2.02. The number of hydrogen-bond donors (Lipinski definition) is 0. The lowest BCUT2D eigenvalue weighted by Gasteiger charge is -2.15. The summed E-state index contributed by atoms with van der Waals surface area (Å²) in [6.07, 6.45) is 0.849. The van der Waals surface area contributed by atoms with Crippen molar-refractivity contribution in [3.8, 4) is 11.5 Å². The summed E-state index contributed by atoms with van der Waals surface area (Å²) in [5, 5.41) is 2.84. The van der Waals surface area contributed by atoms with E-state index in [1.165, 1.54) is 11.3 Å². The zero-order valence-corrected chi connectivity index (χ0v) is 14.4. The maximum atomic E-state index is 6.58. The van der Waals surface area contributed by atoms with Crippen molar-refractivity contribution in [2.75, 3.05) is 13.2 Å². The Kier molecular flexibility index (Phi) is 4.55. The van der Waals surface area contributed by atoms with Gasteiger partial charge in [-0.2, -0.15) is 0 Å². The van der Waals surface area contributed by atoms with Crippen molar-refractivity contribution in [2.24, 2.45) is 0 Å². The molecule has 1 aromatic heterocycles. The number of ether oxygens (including phenoxy) is 2. The molecule has 1 aliphatic rings. The van der Waals surface area contributed by atoms with Gasteiger partial charge in [-0.25, -0.2) is 0 Å². The van der Waals surface area contributed by atoms with E-state index in [-0.39, 0.29) is 0 Å². The number of alkyl halides is 1. The molecule has 0 N–H and O–H groups in total. The molecule has 6 heteroatoms. The summed E-state index contributed by atoms with van der Waals surface area (Å²) in [5.74, 6) is 1.35. The number of fused-ring (bicyclic) bond motifs is 1. The Morgan fingerprint density at radius 1 is 1.14 bits per heavy atom. The lowest BCUT2D eigenvalue weighted by molar-refractivity contribution is 0.297. The average molecular weight is 364 g/mol. The molecule has 1 unspecified atom stereocenters. The molecule has 2 aromatic rings. The first-order chi connectivity index (χ1) is 10.1. The molecule has 21 heavy (non-hydrogen) atoms. The van der Waals surface area contributed by atoms with Gasteiger partial charge in [0.1, 0.15) is 0 Å². The van der Waals surface area contributed by atoms with Crippen LogP contribution in [0.2, 0.25) is 10.0 Å². The van der Waals surface area contributed by atoms with Gasteiger partial charge in [0, 0.05) is 22.4 Å². The topological polar surface area (TPSA) is 18.5 Å². The minimum Gasteiger partial charge on any atom is -0.490 e. The first-order valence-electron chi connectivity index (χ1n) is 6.54. The van der Waals surface area contributed by atoms with Crippen LogP contribution in [-0.4, -0.2) is 13.2 Å². The summed E-state index contributed by atoms with van der Waals surface area (Å²) in [7, 11) is 0. The molecule has 2 nitrogen and oxygen atoms in total. The molecule has 0 amide bonds. The van der Waals surface area contributed by atoms with Gasteiger partial charge in [0.05, 0.1) is 23.6 Å². The van der Waals surface area contributed by atoms with Crippen molar-refractivity contribution in [1.82, 2.24) is 0 Å². The highest BCUT2D eigenvalue weighted by Gasteiger charge is 2.23. The third-order valence-corrected chi connectivity index (χ3v) is 5.98. The molecular formula is C15H13Cl3O2S. The molecule has 2 heterocycles. The predicted octanol–water partition coefficient (Wildman–Crippen LogP) is 5.85. The highest BCUT2D eigenvalue weighted by molar-refractivity contribution is 7.11. The van der Waals surface area contributed by atoms with Crippen molar-refractivity contribution in [1.29, 1.82) is 0 Å². The van der Waals surface area contributed by atoms with Crippen molar-refractivity contribution < 1.29 is 9.47 Å². The summed E-state index contributed by atoms with van der Waals surface area (Å²) < 4.78 is 11.3. The summed E-state index contributed by atoms with van der Waals surface area (Å²) in [5.41, 5.74) is 1.80. The molecular weight excluding hydrogens is 351 g/mol. The van der Waals surface area contributed by atoms with Crippen molar-refractivity contribution >= 4 is 46.1 Å². The van der Waals surface area contributed by atoms with Crippen LogP contribution < -0.4 is 9.47 Å². The SMILES string of the molecule is Cc1csc(C(Cl)c2cc3c(cc2Cl)OCCCO3)c1Cl. The van der Waals surface area contributed by atoms with Crippen LogP contribution >= 0.6 is 46.1 Å². The Morgan fingerprint density at radius 2 is 1.81 bits per heavy atom. The molecule has 112 valence electrons. The fourth-order valence-electron chi connectivity index (χ4n) is 2.16. The predicted molar refractivity (Wildman–Crippen MR) is 88.8 cm³/mol. The van der Waals surface area contributed by atoms with Gasteiger partial charge in [0.15, 0.2) is 11.5 Å². The van der Waals surface area contributed by atoms with Crippen LogP contribution in [0.3, 0.4) is 0 Å². The third-order valence-electron chi connectivity index (χ3n) is 3.30. The van der Waals surface area contributed by atoms with E-state index in [2.05, 4.69) is 0 Å². The van der Waals surface area contributed by atoms with Gasteiger partial charge >= 0.3 is 0 Å². The largest absolute Gasteiger partial charge is 0.490 e. The fraction of sp³-hybridized carbons (Fsp3) is 0.333. The third kappa shape index (κ3) is 2.98. The highest BCUT2D eigenvalue weighted by atomic mass is 35.5. The van der Waals surface area contributed by atoms with Gasteiger partial charge in [-0.3, -0.25) is 0 Å². The Hall–Kier alpha value is -0.610. The first kappa shape index (κ1) is 15.3. The Morgan fingerprint density at radius 3 is 2.43 bits per heavy atom. The van der Waals surface area contributed by atoms with Crippen LogP contribution in [0, 0.1) is 6.92 Å². The van der Waals surface area contributed by atoms with Crippen LogP contribution in [0.1, 0.15) is 27.8 Å². The molecule has 0 bridgehead atoms. The van der Waals surface area contributed by atoms with Gasteiger partial charge in [-0.05, 0) is 29.5 Å². The van der Waals surface area contributed by atoms with Crippen LogP contribution in [0.4, 0.5) is 0 Å². The van der Waals surface area contributed by atoms with Gasteiger partial charge in [0.2, 0.25) is 0 Å². The summed E-state index contributed by atoms with van der Waals surface area (Å²) in [6.45, 7) is 3.21. The smallest absolute Gasteiger partial charge is 0.162 e. The molecule has 0 aliphatic carbocycles. The number of hydrogen-bond acceptors (Lipinski definition) is 3. The monoisotopic (exact) mass is 362 g/mol. The highest BCUT2D eigenvalue weighted by Crippen LogP contribution is 2.45. The molecule has 0 fully saturated rings. The summed E-state index contributed by atoms with van der Waals surface area (Å²) >= 11 is 20.8. The molecule has 0 radical (unpaired) electrons. The molecule has 0 saturated heterocycles. The maximum absolute atomic E-state index is 6.58. The van der Waals surface area contributed by atoms with Gasteiger partial charge in [-0.15, -0.1) is 22.9 Å². The van der Waals surface area contributed by atoms with Crippen LogP contribution in [0.5, 0.6) is 11.5 Å². The van der Waals surface area contributed by atoms with E-state index in [4.69, 9.17) is 44.3 Å². The van der Waals surface area contributed by atoms with Gasteiger partial charge < -0.3 is 9.47 Å². The molecule has 3 rings (SSSR count). The van der Waals surface area contributed by atoms with E-state index >= 15 is 0 Å². The van der Waals surface area contributed by atoms with E-state index in [1.54, 1.807) is 6.07 Å². The Labute approximate surface area is 142 Å². The summed E-state index contributed by atoms with van der Waals surface area (Å²) in [4.78, 5) is 0.896. The lowest BCUT2D eigenvalue weighted by Crippen LogP contribution is -1.97. The van der Waals surface area contributed by atoms with E-state index in [9.17, 15) is 0 Å². The standard InChI is InChI=1S/C15H13Cl3O2S/c1-8-7-21-15(13(8)17)14(18)9-5-11-12(6-10(9)16)20-4-2-3-19-11/h5-7,14H,2-4H2,1H3. The molecule has 1 aromatic carbocycles. The number of benzene rings is 1. The van der Waals surface area contributed by atoms with Gasteiger partial charge in [-0.1, -0.05) is 23.2 Å². The molecule has 1 aliphatic heterocycles. The molecule has 1 atom stereocenters. The van der Waals surface area contributed by atoms with E-state index in [0.717, 1.165) is 22.4 Å².